The summed E-state index contributed by atoms with van der Waals surface area (Å²) in [6.07, 6.45) is 9.80. The first-order valence-corrected chi connectivity index (χ1v) is 12.1. The van der Waals surface area contributed by atoms with Crippen LogP contribution in [-0.2, 0) is 13.0 Å². The summed E-state index contributed by atoms with van der Waals surface area (Å²) in [5.41, 5.74) is 6.43. The fraction of sp³-hybridized carbons (Fsp3) is 0.321. The second-order valence-electron chi connectivity index (χ2n) is 9.29. The minimum absolute atomic E-state index is 0.127. The smallest absolute Gasteiger partial charge is 0.253 e. The molecule has 0 radical (unpaired) electrons. The Morgan fingerprint density at radius 3 is 2.94 bits per heavy atom. The topological polar surface area (TPSA) is 73.9 Å². The third-order valence-electron chi connectivity index (χ3n) is 6.91. The molecule has 0 saturated carbocycles. The van der Waals surface area contributed by atoms with Crippen molar-refractivity contribution in [3.8, 4) is 0 Å². The lowest BCUT2D eigenvalue weighted by molar-refractivity contribution is 0.0760. The van der Waals surface area contributed by atoms with Gasteiger partial charge in [-0.3, -0.25) is 14.9 Å². The number of hydrogen-bond acceptors (Lipinski definition) is 4. The predicted molar refractivity (Wildman–Crippen MR) is 136 cm³/mol. The number of hydrogen-bond donors (Lipinski definition) is 2. The summed E-state index contributed by atoms with van der Waals surface area (Å²) in [4.78, 5) is 19.6. The molecule has 1 amide bonds. The molecular weight excluding hydrogens is 422 g/mol. The lowest BCUT2D eigenvalue weighted by atomic mass is 9.91. The van der Waals surface area contributed by atoms with Crippen molar-refractivity contribution in [1.29, 1.82) is 0 Å². The molecule has 3 heterocycles. The van der Waals surface area contributed by atoms with Gasteiger partial charge in [0.1, 0.15) is 0 Å². The Bertz CT molecular complexity index is 1270. The van der Waals surface area contributed by atoms with E-state index in [4.69, 9.17) is 0 Å². The first kappa shape index (κ1) is 22.1. The van der Waals surface area contributed by atoms with Gasteiger partial charge in [-0.25, -0.2) is 0 Å². The van der Waals surface area contributed by atoms with Gasteiger partial charge in [-0.2, -0.15) is 5.10 Å². The molecule has 6 heteroatoms. The highest BCUT2D eigenvalue weighted by Gasteiger charge is 2.23. The Labute approximate surface area is 200 Å². The van der Waals surface area contributed by atoms with Crippen molar-refractivity contribution >= 4 is 22.5 Å². The van der Waals surface area contributed by atoms with Crippen LogP contribution in [0.5, 0.6) is 0 Å². The number of H-pyrrole nitrogens is 1. The molecule has 1 atom stereocenters. The minimum Gasteiger partial charge on any atom is -0.381 e. The van der Waals surface area contributed by atoms with Gasteiger partial charge in [-0.15, -0.1) is 0 Å². The van der Waals surface area contributed by atoms with Crippen LogP contribution in [0.25, 0.3) is 10.9 Å². The molecule has 2 aromatic heterocycles. The number of nitrogens with zero attached hydrogens (tertiary/aromatic N) is 3. The fourth-order valence-electron chi connectivity index (χ4n) is 4.92. The van der Waals surface area contributed by atoms with Crippen LogP contribution in [0.2, 0.25) is 0 Å². The van der Waals surface area contributed by atoms with Crippen molar-refractivity contribution in [2.45, 2.75) is 39.2 Å². The first-order valence-electron chi connectivity index (χ1n) is 12.1. The number of carbonyl (C=O) groups excluding carboxylic acids is 1. The average Bonchev–Trinajstić information content (AvgIpc) is 3.24. The van der Waals surface area contributed by atoms with Crippen molar-refractivity contribution in [3.05, 3.63) is 89.4 Å². The molecule has 1 aliphatic rings. The number of nitrogens with one attached hydrogen (secondary N) is 2. The number of likely N-dealkylation sites (tertiary alicyclic amines) is 1. The van der Waals surface area contributed by atoms with Gasteiger partial charge < -0.3 is 10.2 Å². The fourth-order valence-corrected chi connectivity index (χ4v) is 4.92. The second-order valence-corrected chi connectivity index (χ2v) is 9.29. The van der Waals surface area contributed by atoms with Crippen LogP contribution in [0.15, 0.2) is 67.1 Å². The quantitative estimate of drug-likeness (QED) is 0.412. The van der Waals surface area contributed by atoms with Crippen LogP contribution < -0.4 is 5.32 Å². The van der Waals surface area contributed by atoms with Gasteiger partial charge in [0, 0.05) is 48.7 Å². The molecule has 2 aromatic carbocycles. The van der Waals surface area contributed by atoms with Gasteiger partial charge in [-0.1, -0.05) is 24.3 Å². The number of fused-ring (bicyclic) bond motifs is 1. The summed E-state index contributed by atoms with van der Waals surface area (Å²) in [6, 6.07) is 16.3. The maximum Gasteiger partial charge on any atom is 0.253 e. The molecule has 1 aliphatic heterocycles. The summed E-state index contributed by atoms with van der Waals surface area (Å²) in [5, 5.41) is 11.9. The lowest BCUT2D eigenvalue weighted by Crippen LogP contribution is -2.32. The molecule has 5 rings (SSSR count). The molecule has 0 unspecified atom stereocenters. The number of carbonyl (C=O) groups is 1. The highest BCUT2D eigenvalue weighted by molar-refractivity contribution is 5.95. The Morgan fingerprint density at radius 1 is 1.12 bits per heavy atom. The normalized spacial score (nSPS) is 16.4. The van der Waals surface area contributed by atoms with Crippen LogP contribution in [0.1, 0.15) is 46.3 Å². The molecule has 1 saturated heterocycles. The molecule has 34 heavy (non-hydrogen) atoms. The summed E-state index contributed by atoms with van der Waals surface area (Å²) >= 11 is 0. The lowest BCUT2D eigenvalue weighted by Gasteiger charge is -2.22. The van der Waals surface area contributed by atoms with Gasteiger partial charge in [0.2, 0.25) is 0 Å². The van der Waals surface area contributed by atoms with E-state index in [1.807, 2.05) is 47.6 Å². The van der Waals surface area contributed by atoms with Gasteiger partial charge >= 0.3 is 0 Å². The SMILES string of the molecule is Cc1ccc(C(=O)N2CCC[C@@H](Cc3cccc4[nH]ncc34)CC2)cc1NCc1cccnc1. The van der Waals surface area contributed by atoms with Crippen LogP contribution in [-0.4, -0.2) is 39.1 Å². The Morgan fingerprint density at radius 2 is 2.06 bits per heavy atom. The largest absolute Gasteiger partial charge is 0.381 e. The number of aryl methyl sites for hydroxylation is 1. The van der Waals surface area contributed by atoms with Crippen LogP contribution in [0.3, 0.4) is 0 Å². The zero-order chi connectivity index (χ0) is 23.3. The molecule has 0 bridgehead atoms. The molecule has 0 spiro atoms. The maximum atomic E-state index is 13.4. The second kappa shape index (κ2) is 10.1. The number of aromatic nitrogens is 3. The van der Waals surface area contributed by atoms with E-state index >= 15 is 0 Å². The Hall–Kier alpha value is -3.67. The summed E-state index contributed by atoms with van der Waals surface area (Å²) < 4.78 is 0. The monoisotopic (exact) mass is 453 g/mol. The van der Waals surface area contributed by atoms with Crippen molar-refractivity contribution in [2.75, 3.05) is 18.4 Å². The van der Waals surface area contributed by atoms with Gasteiger partial charge in [0.25, 0.3) is 5.91 Å². The molecule has 174 valence electrons. The number of pyridine rings is 1. The van der Waals surface area contributed by atoms with Crippen LogP contribution >= 0.6 is 0 Å². The maximum absolute atomic E-state index is 13.4. The summed E-state index contributed by atoms with van der Waals surface area (Å²) in [6.45, 7) is 4.37. The molecule has 6 nitrogen and oxygen atoms in total. The van der Waals surface area contributed by atoms with E-state index < -0.39 is 0 Å². The van der Waals surface area contributed by atoms with Crippen LogP contribution in [0.4, 0.5) is 5.69 Å². The third-order valence-corrected chi connectivity index (χ3v) is 6.91. The summed E-state index contributed by atoms with van der Waals surface area (Å²) in [7, 11) is 0. The van der Waals surface area contributed by atoms with Crippen LogP contribution in [0, 0.1) is 12.8 Å². The molecule has 0 aliphatic carbocycles. The zero-order valence-corrected chi connectivity index (χ0v) is 19.6. The summed E-state index contributed by atoms with van der Waals surface area (Å²) in [5.74, 6) is 0.704. The van der Waals surface area contributed by atoms with E-state index in [1.54, 1.807) is 6.20 Å². The van der Waals surface area contributed by atoms with E-state index in [1.165, 1.54) is 10.9 Å². The number of aromatic amines is 1. The molecular formula is C28H31N5O. The van der Waals surface area contributed by atoms with Crippen molar-refractivity contribution in [3.63, 3.8) is 0 Å². The minimum atomic E-state index is 0.127. The van der Waals surface area contributed by atoms with E-state index in [-0.39, 0.29) is 5.91 Å². The standard InChI is InChI=1S/C28H31N5O/c1-20-9-10-24(16-27(20)30-18-22-5-3-12-29-17-22)28(34)33-13-4-6-21(11-14-33)15-23-7-2-8-26-25(23)19-31-32-26/h2-3,5,7-10,12,16-17,19,21,30H,4,6,11,13-15,18H2,1H3,(H,31,32)/t21-/m1/s1. The van der Waals surface area contributed by atoms with Gasteiger partial charge in [0.15, 0.2) is 0 Å². The molecule has 4 aromatic rings. The number of anilines is 1. The highest BCUT2D eigenvalue weighted by atomic mass is 16.2. The average molecular weight is 454 g/mol. The third kappa shape index (κ3) is 4.96. The number of benzene rings is 2. The van der Waals surface area contributed by atoms with Crippen molar-refractivity contribution < 1.29 is 4.79 Å². The van der Waals surface area contributed by atoms with E-state index in [0.717, 1.165) is 66.7 Å². The molecule has 2 N–H and O–H groups in total. The Balaban J connectivity index is 1.23. The number of amides is 1. The zero-order valence-electron chi connectivity index (χ0n) is 19.6. The van der Waals surface area contributed by atoms with E-state index in [0.29, 0.717) is 12.5 Å². The van der Waals surface area contributed by atoms with Crippen molar-refractivity contribution in [1.82, 2.24) is 20.1 Å². The predicted octanol–water partition coefficient (Wildman–Crippen LogP) is 5.36. The van der Waals surface area contributed by atoms with Gasteiger partial charge in [0.05, 0.1) is 11.7 Å². The van der Waals surface area contributed by atoms with E-state index in [9.17, 15) is 4.79 Å². The first-order chi connectivity index (χ1) is 16.7. The number of rotatable bonds is 6. The van der Waals surface area contributed by atoms with E-state index in [2.05, 4.69) is 45.6 Å². The highest BCUT2D eigenvalue weighted by Crippen LogP contribution is 2.27. The Kier molecular flexibility index (Phi) is 6.56. The van der Waals surface area contributed by atoms with Crippen molar-refractivity contribution in [2.24, 2.45) is 5.92 Å². The molecule has 1 fully saturated rings. The van der Waals surface area contributed by atoms with Gasteiger partial charge in [-0.05, 0) is 79.5 Å².